The fourth-order valence-electron chi connectivity index (χ4n) is 1.54. The van der Waals surface area contributed by atoms with E-state index in [0.29, 0.717) is 23.5 Å². The lowest BCUT2D eigenvalue weighted by atomic mass is 10.2. The lowest BCUT2D eigenvalue weighted by molar-refractivity contribution is -0.120. The van der Waals surface area contributed by atoms with Crippen LogP contribution in [-0.4, -0.2) is 35.4 Å². The first-order valence-electron chi connectivity index (χ1n) is 6.53. The minimum absolute atomic E-state index is 0.0659. The Hall–Kier alpha value is -1.69. The molecule has 0 aromatic heterocycles. The largest absolute Gasteiger partial charge is 0.356 e. The molecule has 5 nitrogen and oxygen atoms in total. The van der Waals surface area contributed by atoms with Crippen LogP contribution in [0.5, 0.6) is 0 Å². The van der Waals surface area contributed by atoms with Crippen LogP contribution < -0.4 is 10.6 Å². The smallest absolute Gasteiger partial charge is 0.251 e. The second-order valence-corrected chi connectivity index (χ2v) is 5.71. The van der Waals surface area contributed by atoms with E-state index in [-0.39, 0.29) is 18.2 Å². The van der Waals surface area contributed by atoms with Crippen molar-refractivity contribution in [1.29, 1.82) is 0 Å². The van der Waals surface area contributed by atoms with Gasteiger partial charge in [-0.3, -0.25) is 13.8 Å². The first-order valence-corrected chi connectivity index (χ1v) is 8.08. The van der Waals surface area contributed by atoms with Crippen LogP contribution in [0.4, 0.5) is 0 Å². The summed E-state index contributed by atoms with van der Waals surface area (Å²) in [6.45, 7) is 2.94. The molecule has 20 heavy (non-hydrogen) atoms. The maximum absolute atomic E-state index is 11.8. The Bertz CT molecular complexity index is 486. The zero-order valence-corrected chi connectivity index (χ0v) is 12.6. The molecule has 1 rings (SSSR count). The van der Waals surface area contributed by atoms with Gasteiger partial charge >= 0.3 is 0 Å². The van der Waals surface area contributed by atoms with Crippen molar-refractivity contribution in [2.75, 3.05) is 19.3 Å². The van der Waals surface area contributed by atoms with Gasteiger partial charge < -0.3 is 10.6 Å². The standard InChI is InChI=1S/C14H20N2O3S/c1-3-9-15-13(17)8-10-16-14(18)11-4-6-12(7-5-11)20(2)19/h4-7H,3,8-10H2,1-2H3,(H,15,17)(H,16,18). The third kappa shape index (κ3) is 5.52. The van der Waals surface area contributed by atoms with Gasteiger partial charge in [-0.25, -0.2) is 0 Å². The molecule has 1 unspecified atom stereocenters. The van der Waals surface area contributed by atoms with Gasteiger partial charge in [0.25, 0.3) is 5.91 Å². The number of hydrogen-bond acceptors (Lipinski definition) is 3. The van der Waals surface area contributed by atoms with Gasteiger partial charge in [0, 0.05) is 47.0 Å². The van der Waals surface area contributed by atoms with Gasteiger partial charge in [-0.1, -0.05) is 6.92 Å². The van der Waals surface area contributed by atoms with Crippen LogP contribution >= 0.6 is 0 Å². The highest BCUT2D eigenvalue weighted by Gasteiger charge is 2.07. The maximum Gasteiger partial charge on any atom is 0.251 e. The van der Waals surface area contributed by atoms with E-state index in [9.17, 15) is 13.8 Å². The summed E-state index contributed by atoms with van der Waals surface area (Å²) in [6, 6.07) is 6.59. The predicted octanol–water partition coefficient (Wildman–Crippen LogP) is 1.07. The summed E-state index contributed by atoms with van der Waals surface area (Å²) >= 11 is 0. The fourth-order valence-corrected chi connectivity index (χ4v) is 2.06. The maximum atomic E-state index is 11.8. The highest BCUT2D eigenvalue weighted by molar-refractivity contribution is 7.84. The highest BCUT2D eigenvalue weighted by Crippen LogP contribution is 2.07. The Morgan fingerprint density at radius 1 is 1.10 bits per heavy atom. The van der Waals surface area contributed by atoms with Gasteiger partial charge in [-0.05, 0) is 30.7 Å². The normalized spacial score (nSPS) is 11.7. The molecule has 0 spiro atoms. The molecule has 0 bridgehead atoms. The highest BCUT2D eigenvalue weighted by atomic mass is 32.2. The number of rotatable bonds is 7. The number of benzene rings is 1. The Morgan fingerprint density at radius 3 is 2.30 bits per heavy atom. The predicted molar refractivity (Wildman–Crippen MR) is 79.0 cm³/mol. The van der Waals surface area contributed by atoms with E-state index in [1.54, 1.807) is 30.5 Å². The van der Waals surface area contributed by atoms with Gasteiger partial charge in [0.15, 0.2) is 0 Å². The van der Waals surface area contributed by atoms with Crippen molar-refractivity contribution in [3.8, 4) is 0 Å². The molecular formula is C14H20N2O3S. The van der Waals surface area contributed by atoms with Gasteiger partial charge in [0.1, 0.15) is 0 Å². The van der Waals surface area contributed by atoms with Gasteiger partial charge in [-0.2, -0.15) is 0 Å². The fraction of sp³-hybridized carbons (Fsp3) is 0.429. The number of nitrogens with one attached hydrogen (secondary N) is 2. The minimum atomic E-state index is -1.05. The number of carbonyl (C=O) groups is 2. The van der Waals surface area contributed by atoms with Crippen molar-refractivity contribution in [3.05, 3.63) is 29.8 Å². The topological polar surface area (TPSA) is 75.3 Å². The summed E-state index contributed by atoms with van der Waals surface area (Å²) < 4.78 is 11.2. The van der Waals surface area contributed by atoms with Crippen LogP contribution in [0.25, 0.3) is 0 Å². The molecule has 0 aliphatic heterocycles. The zero-order chi connectivity index (χ0) is 15.0. The average molecular weight is 296 g/mol. The summed E-state index contributed by atoms with van der Waals surface area (Å²) in [7, 11) is -1.05. The molecule has 0 heterocycles. The van der Waals surface area contributed by atoms with Crippen molar-refractivity contribution in [2.24, 2.45) is 0 Å². The molecule has 0 aliphatic carbocycles. The minimum Gasteiger partial charge on any atom is -0.356 e. The first-order chi connectivity index (χ1) is 9.54. The molecule has 0 radical (unpaired) electrons. The average Bonchev–Trinajstić information content (AvgIpc) is 2.45. The Labute approximate surface area is 121 Å². The SMILES string of the molecule is CCCNC(=O)CCNC(=O)c1ccc(S(C)=O)cc1. The molecular weight excluding hydrogens is 276 g/mol. The van der Waals surface area contributed by atoms with Crippen LogP contribution in [0.3, 0.4) is 0 Å². The zero-order valence-electron chi connectivity index (χ0n) is 11.8. The van der Waals surface area contributed by atoms with Gasteiger partial charge in [0.2, 0.25) is 5.91 Å². The molecule has 0 saturated heterocycles. The first kappa shape index (κ1) is 16.4. The Morgan fingerprint density at radius 2 is 1.75 bits per heavy atom. The Kier molecular flexibility index (Phi) is 6.93. The van der Waals surface area contributed by atoms with E-state index in [1.165, 1.54) is 0 Å². The molecule has 0 fully saturated rings. The lowest BCUT2D eigenvalue weighted by Crippen LogP contribution is -2.31. The van der Waals surface area contributed by atoms with Gasteiger partial charge in [-0.15, -0.1) is 0 Å². The molecule has 2 N–H and O–H groups in total. The van der Waals surface area contributed by atoms with Crippen LogP contribution in [0.2, 0.25) is 0 Å². The summed E-state index contributed by atoms with van der Waals surface area (Å²) in [5.41, 5.74) is 0.494. The summed E-state index contributed by atoms with van der Waals surface area (Å²) in [5.74, 6) is -0.300. The van der Waals surface area contributed by atoms with Crippen molar-refractivity contribution >= 4 is 22.6 Å². The molecule has 2 amide bonds. The summed E-state index contributed by atoms with van der Waals surface area (Å²) in [6.07, 6.45) is 2.75. The van der Waals surface area contributed by atoms with Crippen LogP contribution in [0.15, 0.2) is 29.2 Å². The third-order valence-corrected chi connectivity index (χ3v) is 3.59. The number of amides is 2. The molecule has 1 aromatic rings. The van der Waals surface area contributed by atoms with E-state index in [4.69, 9.17) is 0 Å². The van der Waals surface area contributed by atoms with E-state index in [2.05, 4.69) is 10.6 Å². The van der Waals surface area contributed by atoms with Crippen molar-refractivity contribution in [2.45, 2.75) is 24.7 Å². The molecule has 6 heteroatoms. The second-order valence-electron chi connectivity index (χ2n) is 4.33. The van der Waals surface area contributed by atoms with E-state index in [1.807, 2.05) is 6.92 Å². The van der Waals surface area contributed by atoms with E-state index in [0.717, 1.165) is 6.42 Å². The summed E-state index contributed by atoms with van der Waals surface area (Å²) in [5, 5.41) is 5.42. The quantitative estimate of drug-likeness (QED) is 0.790. The third-order valence-electron chi connectivity index (χ3n) is 2.66. The van der Waals surface area contributed by atoms with E-state index < -0.39 is 10.8 Å². The monoisotopic (exact) mass is 296 g/mol. The molecule has 1 atom stereocenters. The molecule has 1 aromatic carbocycles. The van der Waals surface area contributed by atoms with Gasteiger partial charge in [0.05, 0.1) is 0 Å². The second kappa shape index (κ2) is 8.47. The van der Waals surface area contributed by atoms with Crippen LogP contribution in [0.1, 0.15) is 30.1 Å². The van der Waals surface area contributed by atoms with Crippen molar-refractivity contribution < 1.29 is 13.8 Å². The van der Waals surface area contributed by atoms with Crippen LogP contribution in [0, 0.1) is 0 Å². The molecule has 110 valence electrons. The molecule has 0 aliphatic rings. The van der Waals surface area contributed by atoms with Crippen molar-refractivity contribution in [3.63, 3.8) is 0 Å². The lowest BCUT2D eigenvalue weighted by Gasteiger charge is -2.06. The van der Waals surface area contributed by atoms with Crippen LogP contribution in [-0.2, 0) is 15.6 Å². The Balaban J connectivity index is 2.39. The van der Waals surface area contributed by atoms with Crippen molar-refractivity contribution in [1.82, 2.24) is 10.6 Å². The molecule has 0 saturated carbocycles. The van der Waals surface area contributed by atoms with E-state index >= 15 is 0 Å². The number of hydrogen-bond donors (Lipinski definition) is 2. The summed E-state index contributed by atoms with van der Waals surface area (Å²) in [4.78, 5) is 23.8. The number of carbonyl (C=O) groups excluding carboxylic acids is 2.